The van der Waals surface area contributed by atoms with Crippen molar-refractivity contribution in [3.05, 3.63) is 36.3 Å². The number of hydrogen-bond acceptors (Lipinski definition) is 5. The van der Waals surface area contributed by atoms with Gasteiger partial charge in [0.1, 0.15) is 0 Å². The molecule has 0 N–H and O–H groups in total. The lowest BCUT2D eigenvalue weighted by Gasteiger charge is -2.19. The van der Waals surface area contributed by atoms with Gasteiger partial charge < -0.3 is 0 Å². The van der Waals surface area contributed by atoms with Crippen molar-refractivity contribution in [2.24, 2.45) is 7.05 Å². The van der Waals surface area contributed by atoms with Gasteiger partial charge in [-0.1, -0.05) is 0 Å². The van der Waals surface area contributed by atoms with E-state index in [1.807, 2.05) is 37.0 Å². The van der Waals surface area contributed by atoms with Gasteiger partial charge in [0.15, 0.2) is 9.84 Å². The van der Waals surface area contributed by atoms with Crippen LogP contribution >= 0.6 is 0 Å². The summed E-state index contributed by atoms with van der Waals surface area (Å²) in [6.07, 6.45) is 6.22. The first-order valence-electron chi connectivity index (χ1n) is 7.82. The van der Waals surface area contributed by atoms with E-state index < -0.39 is 9.84 Å². The fourth-order valence-electron chi connectivity index (χ4n) is 2.92. The van der Waals surface area contributed by atoms with Crippen LogP contribution in [0, 0.1) is 0 Å². The molecule has 0 amide bonds. The zero-order valence-corrected chi connectivity index (χ0v) is 14.3. The van der Waals surface area contributed by atoms with Crippen LogP contribution in [0.4, 0.5) is 0 Å². The van der Waals surface area contributed by atoms with E-state index in [0.717, 1.165) is 23.4 Å². The summed E-state index contributed by atoms with van der Waals surface area (Å²) in [6.45, 7) is 3.90. The summed E-state index contributed by atoms with van der Waals surface area (Å²) < 4.78 is 25.9. The van der Waals surface area contributed by atoms with Gasteiger partial charge in [0.2, 0.25) is 0 Å². The number of nitrogens with zero attached hydrogens (tertiary/aromatic N) is 4. The first kappa shape index (κ1) is 16.1. The van der Waals surface area contributed by atoms with Crippen molar-refractivity contribution in [3.63, 3.8) is 0 Å². The van der Waals surface area contributed by atoms with E-state index in [9.17, 15) is 8.42 Å². The molecule has 2 aromatic heterocycles. The third-order valence-corrected chi connectivity index (χ3v) is 6.62. The average Bonchev–Trinajstić information content (AvgIpc) is 2.85. The monoisotopic (exact) mass is 334 g/mol. The smallest absolute Gasteiger partial charge is 0.154 e. The highest BCUT2D eigenvalue weighted by molar-refractivity contribution is 7.92. The summed E-state index contributed by atoms with van der Waals surface area (Å²) in [5, 5.41) is 4.31. The molecule has 0 spiro atoms. The Bertz CT molecular complexity index is 771. The lowest BCUT2D eigenvalue weighted by Crippen LogP contribution is -2.26. The Morgan fingerprint density at radius 2 is 2.00 bits per heavy atom. The predicted molar refractivity (Wildman–Crippen MR) is 89.6 cm³/mol. The summed E-state index contributed by atoms with van der Waals surface area (Å²) in [4.78, 5) is 6.26. The van der Waals surface area contributed by atoms with Gasteiger partial charge in [-0.3, -0.25) is 14.6 Å². The van der Waals surface area contributed by atoms with Crippen LogP contribution in [0.25, 0.3) is 11.3 Å². The molecule has 7 heteroatoms. The minimum atomic E-state index is -2.95. The largest absolute Gasteiger partial charge is 0.298 e. The molecule has 1 fully saturated rings. The minimum Gasteiger partial charge on any atom is -0.298 e. The third kappa shape index (κ3) is 3.61. The van der Waals surface area contributed by atoms with Crippen molar-refractivity contribution < 1.29 is 8.42 Å². The van der Waals surface area contributed by atoms with Crippen LogP contribution in [0.1, 0.15) is 18.9 Å². The van der Waals surface area contributed by atoms with Crippen LogP contribution in [0.15, 0.2) is 30.7 Å². The van der Waals surface area contributed by atoms with E-state index in [1.54, 1.807) is 12.4 Å². The summed E-state index contributed by atoms with van der Waals surface area (Å²) in [7, 11) is -1.05. The molecular weight excluding hydrogens is 312 g/mol. The van der Waals surface area contributed by atoms with Crippen LogP contribution in [-0.4, -0.2) is 52.2 Å². The zero-order valence-electron chi connectivity index (χ0n) is 13.5. The van der Waals surface area contributed by atoms with Crippen LogP contribution in [0.2, 0.25) is 0 Å². The van der Waals surface area contributed by atoms with E-state index in [0.29, 0.717) is 19.5 Å². The van der Waals surface area contributed by atoms with Gasteiger partial charge in [0.05, 0.1) is 16.7 Å². The van der Waals surface area contributed by atoms with E-state index in [2.05, 4.69) is 15.0 Å². The molecule has 0 unspecified atom stereocenters. The van der Waals surface area contributed by atoms with Crippen LogP contribution in [0.5, 0.6) is 0 Å². The molecule has 0 bridgehead atoms. The molecule has 1 aliphatic rings. The summed E-state index contributed by atoms with van der Waals surface area (Å²) in [5.74, 6) is 0.235. The SMILES string of the molecule is C[C@@H]1CCN(Cc2cn(C)nc2-c2ccncc2)CCS1(=O)=O. The van der Waals surface area contributed by atoms with Gasteiger partial charge in [-0.2, -0.15) is 5.10 Å². The van der Waals surface area contributed by atoms with Crippen LogP contribution < -0.4 is 0 Å². The van der Waals surface area contributed by atoms with Gasteiger partial charge in [0.25, 0.3) is 0 Å². The molecule has 0 saturated carbocycles. The van der Waals surface area contributed by atoms with Crippen molar-refractivity contribution in [2.45, 2.75) is 25.1 Å². The summed E-state index contributed by atoms with van der Waals surface area (Å²) in [6, 6.07) is 3.89. The molecule has 1 aliphatic heterocycles. The first-order chi connectivity index (χ1) is 11.0. The van der Waals surface area contributed by atoms with Crippen molar-refractivity contribution in [2.75, 3.05) is 18.8 Å². The number of hydrogen-bond donors (Lipinski definition) is 0. The molecule has 0 aromatic carbocycles. The fourth-order valence-corrected chi connectivity index (χ4v) is 4.30. The maximum Gasteiger partial charge on any atom is 0.154 e. The Morgan fingerprint density at radius 1 is 1.26 bits per heavy atom. The molecule has 0 radical (unpaired) electrons. The van der Waals surface area contributed by atoms with Gasteiger partial charge in [0, 0.05) is 49.9 Å². The van der Waals surface area contributed by atoms with Gasteiger partial charge in [-0.25, -0.2) is 8.42 Å². The van der Waals surface area contributed by atoms with Crippen LogP contribution in [-0.2, 0) is 23.4 Å². The minimum absolute atomic E-state index is 0.235. The number of aryl methyl sites for hydroxylation is 1. The Labute approximate surface area is 137 Å². The molecular formula is C16H22N4O2S. The number of pyridine rings is 1. The topological polar surface area (TPSA) is 68.1 Å². The van der Waals surface area contributed by atoms with Crippen molar-refractivity contribution in [1.82, 2.24) is 19.7 Å². The Balaban J connectivity index is 1.81. The molecule has 3 heterocycles. The maximum absolute atomic E-state index is 12.0. The van der Waals surface area contributed by atoms with Gasteiger partial charge in [-0.15, -0.1) is 0 Å². The Kier molecular flexibility index (Phi) is 4.50. The second-order valence-electron chi connectivity index (χ2n) is 6.15. The third-order valence-electron chi connectivity index (χ3n) is 4.41. The Hall–Kier alpha value is -1.73. The fraction of sp³-hybridized carbons (Fsp3) is 0.500. The number of aromatic nitrogens is 3. The summed E-state index contributed by atoms with van der Waals surface area (Å²) in [5.41, 5.74) is 3.09. The molecule has 124 valence electrons. The molecule has 2 aromatic rings. The molecule has 1 saturated heterocycles. The van der Waals surface area contributed by atoms with E-state index in [1.165, 1.54) is 0 Å². The molecule has 6 nitrogen and oxygen atoms in total. The van der Waals surface area contributed by atoms with Gasteiger partial charge in [-0.05, 0) is 32.0 Å². The zero-order chi connectivity index (χ0) is 16.4. The average molecular weight is 334 g/mol. The second-order valence-corrected chi connectivity index (χ2v) is 8.69. The predicted octanol–water partition coefficient (Wildman–Crippen LogP) is 1.49. The van der Waals surface area contributed by atoms with Crippen LogP contribution in [0.3, 0.4) is 0 Å². The van der Waals surface area contributed by atoms with Crippen molar-refractivity contribution in [1.29, 1.82) is 0 Å². The first-order valence-corrected chi connectivity index (χ1v) is 9.54. The van der Waals surface area contributed by atoms with E-state index >= 15 is 0 Å². The standard InChI is InChI=1S/C16H22N4O2S/c1-13-5-8-20(9-10-23(13,21)22)12-15-11-19(2)18-16(15)14-3-6-17-7-4-14/h3-4,6-7,11,13H,5,8-10,12H2,1-2H3/t13-/m1/s1. The van der Waals surface area contributed by atoms with E-state index in [4.69, 9.17) is 0 Å². The lowest BCUT2D eigenvalue weighted by atomic mass is 10.1. The molecule has 3 rings (SSSR count). The van der Waals surface area contributed by atoms with Crippen molar-refractivity contribution in [3.8, 4) is 11.3 Å². The number of rotatable bonds is 3. The molecule has 1 atom stereocenters. The normalized spacial score (nSPS) is 21.9. The lowest BCUT2D eigenvalue weighted by molar-refractivity contribution is 0.284. The Morgan fingerprint density at radius 3 is 2.74 bits per heavy atom. The van der Waals surface area contributed by atoms with Gasteiger partial charge >= 0.3 is 0 Å². The maximum atomic E-state index is 12.0. The van der Waals surface area contributed by atoms with E-state index in [-0.39, 0.29) is 11.0 Å². The molecule has 0 aliphatic carbocycles. The number of sulfone groups is 1. The highest BCUT2D eigenvalue weighted by atomic mass is 32.2. The second kappa shape index (κ2) is 6.41. The quantitative estimate of drug-likeness (QED) is 0.851. The highest BCUT2D eigenvalue weighted by Crippen LogP contribution is 2.23. The summed E-state index contributed by atoms with van der Waals surface area (Å²) >= 11 is 0. The molecule has 23 heavy (non-hydrogen) atoms. The van der Waals surface area contributed by atoms with Crippen molar-refractivity contribution >= 4 is 9.84 Å². The highest BCUT2D eigenvalue weighted by Gasteiger charge is 2.26.